The molecule has 0 radical (unpaired) electrons. The van der Waals surface area contributed by atoms with E-state index in [2.05, 4.69) is 15.3 Å². The Bertz CT molecular complexity index is 344. The lowest BCUT2D eigenvalue weighted by atomic mass is 9.94. The summed E-state index contributed by atoms with van der Waals surface area (Å²) in [4.78, 5) is 8.19. The van der Waals surface area contributed by atoms with E-state index in [4.69, 9.17) is 11.6 Å². The minimum atomic E-state index is -0.311. The number of hydrogen-bond acceptors (Lipinski definition) is 4. The molecule has 0 amide bonds. The van der Waals surface area contributed by atoms with Gasteiger partial charge in [0.05, 0.1) is 29.6 Å². The number of nitrogens with zero attached hydrogens (tertiary/aromatic N) is 2. The van der Waals surface area contributed by atoms with Crippen LogP contribution in [0.15, 0.2) is 12.4 Å². The average Bonchev–Trinajstić information content (AvgIpc) is 2.31. The highest BCUT2D eigenvalue weighted by molar-refractivity contribution is 6.30. The number of aliphatic hydroxyl groups excluding tert-OH is 1. The third-order valence-electron chi connectivity index (χ3n) is 3.16. The first-order chi connectivity index (χ1) is 8.25. The van der Waals surface area contributed by atoms with Gasteiger partial charge in [-0.15, -0.1) is 0 Å². The van der Waals surface area contributed by atoms with E-state index in [1.165, 1.54) is 12.8 Å². The van der Waals surface area contributed by atoms with Gasteiger partial charge in [0.15, 0.2) is 0 Å². The SMILES string of the molecule is O[C@H]1CCCCCC[C@@H]1Nc1ncc(Cl)cn1. The van der Waals surface area contributed by atoms with Crippen LogP contribution in [0.5, 0.6) is 0 Å². The first kappa shape index (κ1) is 12.6. The summed E-state index contributed by atoms with van der Waals surface area (Å²) in [7, 11) is 0. The molecule has 1 fully saturated rings. The Morgan fingerprint density at radius 1 is 1.12 bits per heavy atom. The zero-order valence-corrected chi connectivity index (χ0v) is 10.5. The van der Waals surface area contributed by atoms with Gasteiger partial charge in [-0.05, 0) is 12.8 Å². The highest BCUT2D eigenvalue weighted by Gasteiger charge is 2.21. The molecule has 17 heavy (non-hydrogen) atoms. The summed E-state index contributed by atoms with van der Waals surface area (Å²) < 4.78 is 0. The topological polar surface area (TPSA) is 58.0 Å². The third-order valence-corrected chi connectivity index (χ3v) is 3.36. The second kappa shape index (κ2) is 6.17. The van der Waals surface area contributed by atoms with E-state index >= 15 is 0 Å². The molecule has 0 bridgehead atoms. The fraction of sp³-hybridized carbons (Fsp3) is 0.667. The number of aliphatic hydroxyl groups is 1. The van der Waals surface area contributed by atoms with Gasteiger partial charge in [0.25, 0.3) is 0 Å². The molecule has 4 nitrogen and oxygen atoms in total. The van der Waals surface area contributed by atoms with Crippen molar-refractivity contribution in [2.24, 2.45) is 0 Å². The zero-order chi connectivity index (χ0) is 12.1. The molecule has 2 rings (SSSR count). The number of nitrogens with one attached hydrogen (secondary N) is 1. The Hall–Kier alpha value is -0.870. The Morgan fingerprint density at radius 2 is 1.76 bits per heavy atom. The standard InChI is InChI=1S/C12H18ClN3O/c13-9-7-14-12(15-8-9)16-10-5-3-1-2-4-6-11(10)17/h7-8,10-11,17H,1-6H2,(H,14,15,16)/t10-,11-/m0/s1. The molecule has 2 N–H and O–H groups in total. The quantitative estimate of drug-likeness (QED) is 0.853. The molecule has 1 saturated carbocycles. The fourth-order valence-electron chi connectivity index (χ4n) is 2.19. The van der Waals surface area contributed by atoms with E-state index in [1.54, 1.807) is 12.4 Å². The molecule has 0 aliphatic heterocycles. The minimum absolute atomic E-state index is 0.0523. The summed E-state index contributed by atoms with van der Waals surface area (Å²) in [5.41, 5.74) is 0. The van der Waals surface area contributed by atoms with Crippen molar-refractivity contribution < 1.29 is 5.11 Å². The van der Waals surface area contributed by atoms with Gasteiger partial charge in [-0.1, -0.05) is 37.3 Å². The van der Waals surface area contributed by atoms with E-state index in [0.717, 1.165) is 25.7 Å². The third kappa shape index (κ3) is 3.82. The maximum absolute atomic E-state index is 10.0. The largest absolute Gasteiger partial charge is 0.391 e. The maximum atomic E-state index is 10.0. The molecule has 1 aromatic heterocycles. The molecule has 1 aromatic rings. The van der Waals surface area contributed by atoms with E-state index in [-0.39, 0.29) is 12.1 Å². The van der Waals surface area contributed by atoms with Gasteiger partial charge >= 0.3 is 0 Å². The van der Waals surface area contributed by atoms with Crippen LogP contribution in [0.25, 0.3) is 0 Å². The molecule has 1 heterocycles. The summed E-state index contributed by atoms with van der Waals surface area (Å²) in [6.45, 7) is 0. The van der Waals surface area contributed by atoms with Crippen molar-refractivity contribution in [1.82, 2.24) is 9.97 Å². The predicted octanol–water partition coefficient (Wildman–Crippen LogP) is 2.63. The average molecular weight is 256 g/mol. The van der Waals surface area contributed by atoms with Gasteiger partial charge in [-0.3, -0.25) is 0 Å². The van der Waals surface area contributed by atoms with Crippen LogP contribution in [0, 0.1) is 0 Å². The van der Waals surface area contributed by atoms with E-state index in [0.29, 0.717) is 11.0 Å². The molecule has 5 heteroatoms. The highest BCUT2D eigenvalue weighted by atomic mass is 35.5. The van der Waals surface area contributed by atoms with Crippen molar-refractivity contribution in [3.05, 3.63) is 17.4 Å². The van der Waals surface area contributed by atoms with Crippen molar-refractivity contribution in [2.75, 3.05) is 5.32 Å². The van der Waals surface area contributed by atoms with E-state index in [1.807, 2.05) is 0 Å². The van der Waals surface area contributed by atoms with Crippen LogP contribution >= 0.6 is 11.6 Å². The van der Waals surface area contributed by atoms with Gasteiger partial charge < -0.3 is 10.4 Å². The molecule has 2 atom stereocenters. The van der Waals surface area contributed by atoms with Gasteiger partial charge in [0, 0.05) is 0 Å². The van der Waals surface area contributed by atoms with Crippen molar-refractivity contribution in [3.8, 4) is 0 Å². The van der Waals surface area contributed by atoms with Gasteiger partial charge in [0.1, 0.15) is 0 Å². The zero-order valence-electron chi connectivity index (χ0n) is 9.77. The fourth-order valence-corrected chi connectivity index (χ4v) is 2.28. The number of hydrogen-bond donors (Lipinski definition) is 2. The second-order valence-electron chi connectivity index (χ2n) is 4.53. The summed E-state index contributed by atoms with van der Waals surface area (Å²) >= 11 is 5.73. The summed E-state index contributed by atoms with van der Waals surface area (Å²) in [6, 6.07) is 0.0523. The van der Waals surface area contributed by atoms with Gasteiger partial charge in [-0.25, -0.2) is 9.97 Å². The Balaban J connectivity index is 1.97. The summed E-state index contributed by atoms with van der Waals surface area (Å²) in [5, 5.41) is 13.8. The van der Waals surface area contributed by atoms with Crippen LogP contribution in [-0.4, -0.2) is 27.2 Å². The van der Waals surface area contributed by atoms with Crippen molar-refractivity contribution in [2.45, 2.75) is 50.7 Å². The second-order valence-corrected chi connectivity index (χ2v) is 4.97. The predicted molar refractivity (Wildman–Crippen MR) is 68.2 cm³/mol. The number of rotatable bonds is 2. The van der Waals surface area contributed by atoms with Crippen molar-refractivity contribution in [1.29, 1.82) is 0 Å². The monoisotopic (exact) mass is 255 g/mol. The van der Waals surface area contributed by atoms with Crippen LogP contribution in [-0.2, 0) is 0 Å². The first-order valence-corrected chi connectivity index (χ1v) is 6.55. The van der Waals surface area contributed by atoms with E-state index < -0.39 is 0 Å². The molecule has 94 valence electrons. The molecule has 0 aromatic carbocycles. The van der Waals surface area contributed by atoms with Crippen molar-refractivity contribution >= 4 is 17.5 Å². The van der Waals surface area contributed by atoms with Crippen molar-refractivity contribution in [3.63, 3.8) is 0 Å². The van der Waals surface area contributed by atoms with E-state index in [9.17, 15) is 5.11 Å². The van der Waals surface area contributed by atoms with Gasteiger partial charge in [-0.2, -0.15) is 0 Å². The number of halogens is 1. The first-order valence-electron chi connectivity index (χ1n) is 6.18. The lowest BCUT2D eigenvalue weighted by Crippen LogP contribution is -2.35. The molecule has 0 saturated heterocycles. The lowest BCUT2D eigenvalue weighted by Gasteiger charge is -2.26. The lowest BCUT2D eigenvalue weighted by molar-refractivity contribution is 0.128. The van der Waals surface area contributed by atoms with Crippen LogP contribution < -0.4 is 5.32 Å². The molecule has 1 aliphatic carbocycles. The summed E-state index contributed by atoms with van der Waals surface area (Å²) in [6.07, 6.45) is 9.34. The normalized spacial score (nSPS) is 26.0. The molecule has 0 spiro atoms. The maximum Gasteiger partial charge on any atom is 0.222 e. The minimum Gasteiger partial charge on any atom is -0.391 e. The van der Waals surface area contributed by atoms with Crippen LogP contribution in [0.1, 0.15) is 38.5 Å². The smallest absolute Gasteiger partial charge is 0.222 e. The molecule has 0 unspecified atom stereocenters. The number of aromatic nitrogens is 2. The highest BCUT2D eigenvalue weighted by Crippen LogP contribution is 2.20. The van der Waals surface area contributed by atoms with Crippen LogP contribution in [0.3, 0.4) is 0 Å². The molecule has 1 aliphatic rings. The van der Waals surface area contributed by atoms with Gasteiger partial charge in [0.2, 0.25) is 5.95 Å². The number of anilines is 1. The Morgan fingerprint density at radius 3 is 2.47 bits per heavy atom. The van der Waals surface area contributed by atoms with Crippen LogP contribution in [0.2, 0.25) is 5.02 Å². The Kier molecular flexibility index (Phi) is 4.57. The molecular weight excluding hydrogens is 238 g/mol. The summed E-state index contributed by atoms with van der Waals surface area (Å²) in [5.74, 6) is 0.541. The molecular formula is C12H18ClN3O. The Labute approximate surface area is 106 Å². The van der Waals surface area contributed by atoms with Crippen LogP contribution in [0.4, 0.5) is 5.95 Å².